The summed E-state index contributed by atoms with van der Waals surface area (Å²) in [6.07, 6.45) is 2.54. The largest absolute Gasteiger partial charge is 0.379 e. The predicted molar refractivity (Wildman–Crippen MR) is 73.2 cm³/mol. The van der Waals surface area contributed by atoms with Crippen LogP contribution >= 0.6 is 0 Å². The van der Waals surface area contributed by atoms with Crippen molar-refractivity contribution in [3.8, 4) is 0 Å². The van der Waals surface area contributed by atoms with Gasteiger partial charge in [-0.15, -0.1) is 0 Å². The van der Waals surface area contributed by atoms with Gasteiger partial charge in [-0.1, -0.05) is 0 Å². The molecule has 0 aliphatic heterocycles. The van der Waals surface area contributed by atoms with Gasteiger partial charge in [0.05, 0.1) is 6.10 Å². The number of nitrogens with zero attached hydrogens (tertiary/aromatic N) is 2. The zero-order chi connectivity index (χ0) is 14.0. The number of nitrogens with one attached hydrogen (secondary N) is 1. The number of hydrogen-bond donors (Lipinski definition) is 1. The minimum atomic E-state index is -0.120. The molecule has 1 aromatic heterocycles. The lowest BCUT2D eigenvalue weighted by molar-refractivity contribution is 0.0738. The van der Waals surface area contributed by atoms with Crippen molar-refractivity contribution in [1.82, 2.24) is 15.1 Å². The second kappa shape index (κ2) is 5.74. The molecule has 1 heterocycles. The van der Waals surface area contributed by atoms with E-state index < -0.39 is 0 Å². The van der Waals surface area contributed by atoms with Crippen LogP contribution in [-0.4, -0.2) is 35.4 Å². The van der Waals surface area contributed by atoms with Gasteiger partial charge in [-0.3, -0.25) is 9.48 Å². The third-order valence-electron chi connectivity index (χ3n) is 3.56. The highest BCUT2D eigenvalue weighted by Crippen LogP contribution is 2.33. The molecule has 0 saturated heterocycles. The Labute approximate surface area is 114 Å². The fourth-order valence-corrected chi connectivity index (χ4v) is 2.32. The molecule has 1 aliphatic rings. The molecule has 106 valence electrons. The summed E-state index contributed by atoms with van der Waals surface area (Å²) in [5, 5.41) is 7.25. The van der Waals surface area contributed by atoms with Crippen molar-refractivity contribution in [2.45, 2.75) is 45.8 Å². The molecule has 1 unspecified atom stereocenters. The minimum absolute atomic E-state index is 0.120. The van der Waals surface area contributed by atoms with Gasteiger partial charge in [0.1, 0.15) is 5.69 Å². The predicted octanol–water partition coefficient (Wildman–Crippen LogP) is 1.93. The normalized spacial score (nSPS) is 16.7. The van der Waals surface area contributed by atoms with E-state index in [1.807, 2.05) is 17.7 Å². The van der Waals surface area contributed by atoms with E-state index in [1.165, 1.54) is 12.8 Å². The number of aryl methyl sites for hydroxylation is 1. The monoisotopic (exact) mass is 265 g/mol. The average Bonchev–Trinajstić information content (AvgIpc) is 3.12. The first kappa shape index (κ1) is 14.1. The molecule has 0 bridgehead atoms. The van der Waals surface area contributed by atoms with Crippen molar-refractivity contribution < 1.29 is 9.53 Å². The van der Waals surface area contributed by atoms with Crippen LogP contribution in [0.25, 0.3) is 0 Å². The zero-order valence-corrected chi connectivity index (χ0v) is 12.1. The number of rotatable bonds is 6. The Bertz CT molecular complexity index is 450. The van der Waals surface area contributed by atoms with Gasteiger partial charge in [0.15, 0.2) is 0 Å². The second-order valence-electron chi connectivity index (χ2n) is 5.53. The van der Waals surface area contributed by atoms with E-state index in [9.17, 15) is 4.79 Å². The van der Waals surface area contributed by atoms with Crippen LogP contribution in [0.1, 0.15) is 48.9 Å². The van der Waals surface area contributed by atoms with Gasteiger partial charge < -0.3 is 10.1 Å². The molecule has 0 radical (unpaired) electrons. The Morgan fingerprint density at radius 1 is 1.58 bits per heavy atom. The number of methoxy groups -OCH3 is 1. The molecule has 1 atom stereocenters. The quantitative estimate of drug-likeness (QED) is 0.855. The number of aromatic nitrogens is 2. The molecular weight excluding hydrogens is 242 g/mol. The summed E-state index contributed by atoms with van der Waals surface area (Å²) in [7, 11) is 1.70. The Kier molecular flexibility index (Phi) is 4.24. The maximum Gasteiger partial charge on any atom is 0.271 e. The van der Waals surface area contributed by atoms with Crippen LogP contribution in [0.15, 0.2) is 6.07 Å². The van der Waals surface area contributed by atoms with Gasteiger partial charge >= 0.3 is 0 Å². The third kappa shape index (κ3) is 3.35. The Hall–Kier alpha value is -1.36. The van der Waals surface area contributed by atoms with Crippen molar-refractivity contribution >= 4 is 5.91 Å². The molecule has 1 amide bonds. The highest BCUT2D eigenvalue weighted by atomic mass is 16.5. The number of amides is 1. The van der Waals surface area contributed by atoms with Crippen molar-refractivity contribution in [2.24, 2.45) is 5.92 Å². The first-order valence-corrected chi connectivity index (χ1v) is 6.90. The van der Waals surface area contributed by atoms with Gasteiger partial charge in [-0.05, 0) is 45.6 Å². The van der Waals surface area contributed by atoms with E-state index in [0.29, 0.717) is 18.2 Å². The summed E-state index contributed by atoms with van der Waals surface area (Å²) in [5.74, 6) is 0.491. The molecule has 0 aromatic carbocycles. The van der Waals surface area contributed by atoms with Crippen LogP contribution in [0, 0.1) is 12.8 Å². The molecule has 0 spiro atoms. The maximum atomic E-state index is 12.1. The van der Waals surface area contributed by atoms with Crippen molar-refractivity contribution in [3.63, 3.8) is 0 Å². The molecule has 2 rings (SSSR count). The second-order valence-corrected chi connectivity index (χ2v) is 5.53. The summed E-state index contributed by atoms with van der Waals surface area (Å²) in [5.41, 5.74) is 1.49. The highest BCUT2D eigenvalue weighted by molar-refractivity contribution is 5.92. The van der Waals surface area contributed by atoms with Crippen LogP contribution in [0.3, 0.4) is 0 Å². The zero-order valence-electron chi connectivity index (χ0n) is 12.1. The van der Waals surface area contributed by atoms with E-state index in [4.69, 9.17) is 4.74 Å². The summed E-state index contributed by atoms with van der Waals surface area (Å²) in [6.45, 7) is 6.63. The van der Waals surface area contributed by atoms with Gasteiger partial charge in [0.2, 0.25) is 0 Å². The van der Waals surface area contributed by atoms with Crippen molar-refractivity contribution in [2.75, 3.05) is 13.7 Å². The maximum absolute atomic E-state index is 12.1. The Morgan fingerprint density at radius 2 is 2.26 bits per heavy atom. The van der Waals surface area contributed by atoms with Crippen molar-refractivity contribution in [3.05, 3.63) is 17.5 Å². The van der Waals surface area contributed by atoms with Crippen LogP contribution < -0.4 is 5.32 Å². The first-order valence-electron chi connectivity index (χ1n) is 6.90. The molecule has 1 aliphatic carbocycles. The highest BCUT2D eigenvalue weighted by Gasteiger charge is 2.31. The molecular formula is C14H23N3O2. The topological polar surface area (TPSA) is 56.1 Å². The van der Waals surface area contributed by atoms with Gasteiger partial charge in [0.25, 0.3) is 5.91 Å². The lowest BCUT2D eigenvalue weighted by atomic mass is 10.2. The van der Waals surface area contributed by atoms with E-state index in [-0.39, 0.29) is 18.1 Å². The van der Waals surface area contributed by atoms with Crippen LogP contribution in [0.4, 0.5) is 0 Å². The molecule has 1 fully saturated rings. The molecule has 1 saturated carbocycles. The molecule has 19 heavy (non-hydrogen) atoms. The number of carbonyl (C=O) groups is 1. The smallest absolute Gasteiger partial charge is 0.271 e. The van der Waals surface area contributed by atoms with Crippen molar-refractivity contribution in [1.29, 1.82) is 0 Å². The third-order valence-corrected chi connectivity index (χ3v) is 3.56. The lowest BCUT2D eigenvalue weighted by Crippen LogP contribution is -2.34. The summed E-state index contributed by atoms with van der Waals surface area (Å²) in [4.78, 5) is 12.1. The number of ether oxygens (including phenoxy) is 1. The van der Waals surface area contributed by atoms with Crippen LogP contribution in [0.2, 0.25) is 0 Å². The average molecular weight is 265 g/mol. The van der Waals surface area contributed by atoms with Gasteiger partial charge in [0, 0.05) is 25.4 Å². The molecule has 5 heteroatoms. The van der Waals surface area contributed by atoms with E-state index in [0.717, 1.165) is 5.69 Å². The molecule has 1 aromatic rings. The molecule has 5 nitrogen and oxygen atoms in total. The van der Waals surface area contributed by atoms with Gasteiger partial charge in [-0.25, -0.2) is 0 Å². The number of hydrogen-bond acceptors (Lipinski definition) is 3. The van der Waals surface area contributed by atoms with E-state index in [1.54, 1.807) is 7.11 Å². The summed E-state index contributed by atoms with van der Waals surface area (Å²) >= 11 is 0. The Balaban J connectivity index is 1.93. The fourth-order valence-electron chi connectivity index (χ4n) is 2.32. The summed E-state index contributed by atoms with van der Waals surface area (Å²) < 4.78 is 7.25. The Morgan fingerprint density at radius 3 is 2.74 bits per heavy atom. The van der Waals surface area contributed by atoms with Crippen LogP contribution in [0.5, 0.6) is 0 Å². The van der Waals surface area contributed by atoms with E-state index >= 15 is 0 Å². The fraction of sp³-hybridized carbons (Fsp3) is 0.714. The SMILES string of the molecule is COC(CNC(=O)c1cc(C)n(C(C)C)n1)C1CC1. The number of carbonyl (C=O) groups excluding carboxylic acids is 1. The molecule has 1 N–H and O–H groups in total. The first-order chi connectivity index (χ1) is 9.02. The lowest BCUT2D eigenvalue weighted by Gasteiger charge is -2.14. The standard InChI is InChI=1S/C14H23N3O2/c1-9(2)17-10(3)7-12(16-17)14(18)15-8-13(19-4)11-5-6-11/h7,9,11,13H,5-6,8H2,1-4H3,(H,15,18). The van der Waals surface area contributed by atoms with Crippen LogP contribution in [-0.2, 0) is 4.74 Å². The summed E-state index contributed by atoms with van der Waals surface area (Å²) in [6, 6.07) is 2.09. The van der Waals surface area contributed by atoms with Gasteiger partial charge in [-0.2, -0.15) is 5.10 Å². The van der Waals surface area contributed by atoms with E-state index in [2.05, 4.69) is 24.3 Å². The minimum Gasteiger partial charge on any atom is -0.379 e.